The highest BCUT2D eigenvalue weighted by atomic mass is 32.2. The van der Waals surface area contributed by atoms with Crippen molar-refractivity contribution in [2.24, 2.45) is 23.7 Å². The Labute approximate surface area is 821 Å². The van der Waals surface area contributed by atoms with Crippen molar-refractivity contribution >= 4 is 10.0 Å². The SMILES string of the molecule is Cc1ccc(C(c2ccc(F)cc2)C2CCCCC2)cc1.Fc1ccc(C(c2ccc(F)cc2)N2CCN(C3CCCCC3)CC2)cc1.O=S(=O)(c1ccccc1)N1CCC(C(O)(c2ccc(F)cc2)c2ccc(F)cc2)CC1.OC(c1ccc(F)cc1)(c1ccc(F)cc1)C1CCCCC1.c1ccc(C(c2ccccc2)C2CCCCC2)cc1.c1ccc(C(c2ccccc2)N2CCCCC2)cc1. The summed E-state index contributed by atoms with van der Waals surface area (Å²) in [4.78, 5) is 7.98. The van der Waals surface area contributed by atoms with E-state index in [2.05, 4.69) is 167 Å². The van der Waals surface area contributed by atoms with E-state index in [1.807, 2.05) is 36.4 Å². The van der Waals surface area contributed by atoms with Gasteiger partial charge in [-0.2, -0.15) is 4.31 Å². The number of aryl methyl sites for hydroxylation is 1. The molecule has 0 amide bonds. The van der Waals surface area contributed by atoms with Gasteiger partial charge in [0.2, 0.25) is 10.0 Å². The van der Waals surface area contributed by atoms with Gasteiger partial charge >= 0.3 is 0 Å². The minimum Gasteiger partial charge on any atom is -0.380 e. The molecule has 2 N–H and O–H groups in total. The Balaban J connectivity index is 0.000000127. The van der Waals surface area contributed by atoms with E-state index in [4.69, 9.17) is 0 Å². The zero-order valence-corrected chi connectivity index (χ0v) is 81.3. The first-order chi connectivity index (χ1) is 67.8. The highest BCUT2D eigenvalue weighted by Crippen LogP contribution is 2.48. The van der Waals surface area contributed by atoms with E-state index < -0.39 is 32.9 Å². The molecule has 8 nitrogen and oxygen atoms in total. The fourth-order valence-electron chi connectivity index (χ4n) is 22.8. The van der Waals surface area contributed by atoms with Gasteiger partial charge in [-0.15, -0.1) is 0 Å². The normalized spacial score (nSPS) is 17.4. The molecule has 3 saturated heterocycles. The predicted molar refractivity (Wildman–Crippen MR) is 548 cm³/mol. The molecule has 139 heavy (non-hydrogen) atoms. The third-order valence-electron chi connectivity index (χ3n) is 30.1. The number of hydrogen-bond acceptors (Lipinski definition) is 7. The Bertz CT molecular complexity index is 5500. The number of piperazine rings is 1. The molecule has 3 heterocycles. The average Bonchev–Trinajstić information content (AvgIpc) is 0.774. The van der Waals surface area contributed by atoms with Crippen LogP contribution in [0.5, 0.6) is 0 Å². The van der Waals surface area contributed by atoms with Crippen LogP contribution in [0, 0.1) is 71.3 Å². The van der Waals surface area contributed by atoms with Crippen molar-refractivity contribution in [3.63, 3.8) is 0 Å². The Morgan fingerprint density at radius 1 is 0.259 bits per heavy atom. The van der Waals surface area contributed by atoms with Gasteiger partial charge in [-0.25, -0.2) is 39.2 Å². The first kappa shape index (κ1) is 102. The van der Waals surface area contributed by atoms with Crippen molar-refractivity contribution in [1.29, 1.82) is 0 Å². The van der Waals surface area contributed by atoms with Gasteiger partial charge < -0.3 is 10.2 Å². The Hall–Kier alpha value is -10.9. The molecule has 7 fully saturated rings. The van der Waals surface area contributed by atoms with E-state index in [0.29, 0.717) is 58.9 Å². The molecular weight excluding hydrogens is 1760 g/mol. The fourth-order valence-corrected chi connectivity index (χ4v) is 24.3. The number of sulfonamides is 1. The summed E-state index contributed by atoms with van der Waals surface area (Å²) in [5, 5.41) is 23.4. The molecule has 0 bridgehead atoms. The van der Waals surface area contributed by atoms with Crippen LogP contribution in [0.1, 0.15) is 257 Å². The molecule has 4 saturated carbocycles. The second-order valence-corrected chi connectivity index (χ2v) is 41.0. The summed E-state index contributed by atoms with van der Waals surface area (Å²) < 4.78 is 121. The molecular formula is C123H137F7N4O4S. The van der Waals surface area contributed by atoms with Crippen LogP contribution in [0.3, 0.4) is 0 Å². The van der Waals surface area contributed by atoms with E-state index in [0.717, 1.165) is 74.9 Å². The molecule has 728 valence electrons. The smallest absolute Gasteiger partial charge is 0.243 e. The van der Waals surface area contributed by atoms with E-state index in [9.17, 15) is 49.4 Å². The van der Waals surface area contributed by atoms with Crippen LogP contribution in [0.4, 0.5) is 30.7 Å². The second-order valence-electron chi connectivity index (χ2n) is 39.1. The van der Waals surface area contributed by atoms with Gasteiger partial charge in [0, 0.05) is 57.1 Å². The van der Waals surface area contributed by atoms with Crippen LogP contribution in [-0.2, 0) is 21.2 Å². The molecule has 0 spiro atoms. The monoisotopic (exact) mass is 1900 g/mol. The number of hydrogen-bond donors (Lipinski definition) is 2. The summed E-state index contributed by atoms with van der Waals surface area (Å²) >= 11 is 0. The fraction of sp³-hybridized carbons (Fsp3) is 0.366. The van der Waals surface area contributed by atoms with Crippen molar-refractivity contribution in [2.45, 2.75) is 214 Å². The number of benzene rings is 13. The number of likely N-dealkylation sites (tertiary alicyclic amines) is 1. The van der Waals surface area contributed by atoms with Crippen LogP contribution in [0.15, 0.2) is 351 Å². The average molecular weight is 1900 g/mol. The first-order valence-corrected chi connectivity index (χ1v) is 52.5. The maximum absolute atomic E-state index is 13.5. The molecule has 1 atom stereocenters. The Morgan fingerprint density at radius 3 is 0.849 bits per heavy atom. The molecule has 7 aliphatic rings. The molecule has 0 aromatic heterocycles. The Kier molecular flexibility index (Phi) is 37.6. The first-order valence-electron chi connectivity index (χ1n) is 51.1. The van der Waals surface area contributed by atoms with Crippen molar-refractivity contribution in [1.82, 2.24) is 19.0 Å². The summed E-state index contributed by atoms with van der Waals surface area (Å²) in [6, 6.07) is 106. The number of nitrogens with zero attached hydrogens (tertiary/aromatic N) is 4. The van der Waals surface area contributed by atoms with Crippen LogP contribution < -0.4 is 0 Å². The highest BCUT2D eigenvalue weighted by Gasteiger charge is 2.45. The van der Waals surface area contributed by atoms with Crippen LogP contribution in [0.25, 0.3) is 0 Å². The summed E-state index contributed by atoms with van der Waals surface area (Å²) in [5.74, 6) is 0.149. The van der Waals surface area contributed by atoms with Gasteiger partial charge in [0.05, 0.1) is 17.0 Å². The number of rotatable bonds is 21. The van der Waals surface area contributed by atoms with Crippen LogP contribution >= 0.6 is 0 Å². The molecule has 0 radical (unpaired) electrons. The molecule has 13 aromatic rings. The standard InChI is InChI=1S/C24H23F2NO3S.C23H28F2N2.C20H23F.C19H20F2O.C19H22.C18H21N/c25-21-10-6-18(7-11-21)24(28,19-8-12-22(26)13-9-19)20-14-16-27(17-15-20)31(29,30)23-4-2-1-3-5-23;24-20-10-6-18(7-11-20)23(19-8-12-21(25)13-9-19)27-16-14-26(15-17-27)22-4-2-1-3-5-22;1-15-7-9-17(10-8-15)20(16-5-3-2-4-6-16)18-11-13-19(21)14-12-18;20-17-10-6-15(7-11-17)19(22,14-4-2-1-3-5-14)16-8-12-18(21)13-9-16;1-4-10-16(11-5-1)19(17-12-6-2-7-13-17)18-14-8-3-9-15-18;1-4-10-16(11-5-1)18(17-12-6-2-7-13-17)19-14-8-3-9-15-19/h1-13,20,28H,14-17H2;6-13,22-23H,1-5,14-17H2;7-14,16,20H,2-6H2,1H3;6-14,22H,1-5H2;1-2,4-7,10-13,18-19H,3,8-9,14-15H2;1-2,4-7,10-13,18H,3,8-9,14-15H2. The van der Waals surface area contributed by atoms with Crippen LogP contribution in [-0.4, -0.2) is 96.0 Å². The van der Waals surface area contributed by atoms with E-state index >= 15 is 0 Å². The van der Waals surface area contributed by atoms with E-state index in [-0.39, 0.29) is 64.9 Å². The van der Waals surface area contributed by atoms with Crippen molar-refractivity contribution < 1.29 is 49.4 Å². The summed E-state index contributed by atoms with van der Waals surface area (Å²) in [6.07, 6.45) is 30.4. The van der Waals surface area contributed by atoms with Gasteiger partial charge in [0.25, 0.3) is 0 Å². The molecule has 3 aliphatic heterocycles. The summed E-state index contributed by atoms with van der Waals surface area (Å²) in [6.45, 7) is 9.15. The summed E-state index contributed by atoms with van der Waals surface area (Å²) in [7, 11) is -3.62. The van der Waals surface area contributed by atoms with Gasteiger partial charge in [0.1, 0.15) is 51.9 Å². The van der Waals surface area contributed by atoms with Crippen molar-refractivity contribution in [2.75, 3.05) is 52.4 Å². The minimum atomic E-state index is -3.62. The minimum absolute atomic E-state index is 0.0414. The number of piperidine rings is 2. The molecule has 13 aromatic carbocycles. The second kappa shape index (κ2) is 51.0. The summed E-state index contributed by atoms with van der Waals surface area (Å²) in [5.41, 5.74) is 11.5. The lowest BCUT2D eigenvalue weighted by Crippen LogP contribution is -2.51. The quantitative estimate of drug-likeness (QED) is 0.0693. The third-order valence-corrected chi connectivity index (χ3v) is 32.1. The molecule has 4 aliphatic carbocycles. The Morgan fingerprint density at radius 2 is 0.511 bits per heavy atom. The molecule has 20 rings (SSSR count). The molecule has 16 heteroatoms. The van der Waals surface area contributed by atoms with Gasteiger partial charge in [-0.05, 0) is 285 Å². The third kappa shape index (κ3) is 27.5. The van der Waals surface area contributed by atoms with E-state index in [1.54, 1.807) is 66.7 Å². The highest BCUT2D eigenvalue weighted by molar-refractivity contribution is 7.89. The van der Waals surface area contributed by atoms with Crippen molar-refractivity contribution in [3.8, 4) is 0 Å². The zero-order valence-electron chi connectivity index (χ0n) is 80.5. The van der Waals surface area contributed by atoms with Gasteiger partial charge in [0.15, 0.2) is 0 Å². The lowest BCUT2D eigenvalue weighted by atomic mass is 9.70. The van der Waals surface area contributed by atoms with Gasteiger partial charge in [-0.1, -0.05) is 338 Å². The molecule has 1 unspecified atom stereocenters. The number of aliphatic hydroxyl groups is 2. The largest absolute Gasteiger partial charge is 0.380 e. The van der Waals surface area contributed by atoms with Crippen molar-refractivity contribution in [3.05, 3.63) is 459 Å². The lowest BCUT2D eigenvalue weighted by molar-refractivity contribution is -0.00541. The van der Waals surface area contributed by atoms with Gasteiger partial charge in [-0.3, -0.25) is 14.7 Å². The maximum Gasteiger partial charge on any atom is 0.243 e. The topological polar surface area (TPSA) is 87.6 Å². The number of halogens is 7. The predicted octanol–water partition coefficient (Wildman–Crippen LogP) is 29.6. The maximum atomic E-state index is 13.5. The van der Waals surface area contributed by atoms with Crippen LogP contribution in [0.2, 0.25) is 0 Å². The van der Waals surface area contributed by atoms with E-state index in [1.165, 1.54) is 275 Å². The zero-order chi connectivity index (χ0) is 96.8. The lowest BCUT2D eigenvalue weighted by Gasteiger charge is -2.43.